The van der Waals surface area contributed by atoms with Crippen LogP contribution in [0, 0.1) is 6.92 Å². The Hall–Kier alpha value is -6.00. The lowest BCUT2D eigenvalue weighted by molar-refractivity contribution is 0.332. The zero-order chi connectivity index (χ0) is 43.4. The van der Waals surface area contributed by atoms with Crippen molar-refractivity contribution in [2.75, 3.05) is 5.32 Å². The summed E-state index contributed by atoms with van der Waals surface area (Å²) in [4.78, 5) is 0. The van der Waals surface area contributed by atoms with Crippen LogP contribution in [0.2, 0.25) is 0 Å². The van der Waals surface area contributed by atoms with Crippen molar-refractivity contribution >= 4 is 73.3 Å². The van der Waals surface area contributed by atoms with E-state index in [2.05, 4.69) is 201 Å². The van der Waals surface area contributed by atoms with Gasteiger partial charge in [0.05, 0.1) is 5.52 Å². The van der Waals surface area contributed by atoms with Crippen molar-refractivity contribution in [2.24, 2.45) is 0 Å². The van der Waals surface area contributed by atoms with E-state index in [0.29, 0.717) is 0 Å². The minimum absolute atomic E-state index is 0.0225. The minimum Gasteiger partial charge on any atom is -0.455 e. The van der Waals surface area contributed by atoms with Crippen LogP contribution in [0.1, 0.15) is 109 Å². The Bertz CT molecular complexity index is 3410. The molecule has 1 radical (unpaired) electrons. The number of fused-ring (bicyclic) bond motifs is 10. The Morgan fingerprint density at radius 1 is 0.540 bits per heavy atom. The van der Waals surface area contributed by atoms with Crippen LogP contribution in [0.5, 0.6) is 0 Å². The molecule has 0 bridgehead atoms. The number of aromatic nitrogens is 1. The van der Waals surface area contributed by atoms with E-state index in [1.54, 1.807) is 0 Å². The maximum atomic E-state index is 6.89. The van der Waals surface area contributed by atoms with Crippen LogP contribution in [0.4, 0.5) is 11.4 Å². The second-order valence-electron chi connectivity index (χ2n) is 21.8. The summed E-state index contributed by atoms with van der Waals surface area (Å²) < 4.78 is 9.52. The summed E-state index contributed by atoms with van der Waals surface area (Å²) >= 11 is 0. The van der Waals surface area contributed by atoms with Crippen molar-refractivity contribution in [3.63, 3.8) is 0 Å². The highest BCUT2D eigenvalue weighted by Crippen LogP contribution is 2.52. The van der Waals surface area contributed by atoms with E-state index in [0.717, 1.165) is 51.7 Å². The van der Waals surface area contributed by atoms with Gasteiger partial charge < -0.3 is 14.3 Å². The van der Waals surface area contributed by atoms with E-state index in [1.165, 1.54) is 95.8 Å². The second-order valence-corrected chi connectivity index (χ2v) is 21.8. The largest absolute Gasteiger partial charge is 0.455 e. The predicted molar refractivity (Wildman–Crippen MR) is 269 cm³/mol. The molecule has 63 heavy (non-hydrogen) atoms. The monoisotopic (exact) mass is 819 g/mol. The number of benzene rings is 7. The zero-order valence-corrected chi connectivity index (χ0v) is 38.3. The van der Waals surface area contributed by atoms with Crippen molar-refractivity contribution in [1.29, 1.82) is 0 Å². The molecule has 1 N–H and O–H groups in total. The minimum atomic E-state index is 0.0225. The SMILES string of the molecule is Cc1ccc(Nc2cc3c(cc2-c2cc(-c4cccc5c4oc4ccccc45)c4c5ccccc5n5c4c2[B]c2cc4c(cc2-5)C(C)(C)CCC4(C)C)C(C)(C)CCC3(C)C)cc1. The Labute approximate surface area is 372 Å². The fourth-order valence-corrected chi connectivity index (χ4v) is 11.8. The topological polar surface area (TPSA) is 30.1 Å². The molecule has 3 aliphatic rings. The summed E-state index contributed by atoms with van der Waals surface area (Å²) in [6.07, 6.45) is 4.65. The molecule has 311 valence electrons. The molecule has 0 amide bonds. The molecule has 0 saturated carbocycles. The van der Waals surface area contributed by atoms with Gasteiger partial charge in [-0.25, -0.2) is 0 Å². The smallest absolute Gasteiger partial charge is 0.197 e. The fourth-order valence-electron chi connectivity index (χ4n) is 11.8. The number of hydrogen-bond donors (Lipinski definition) is 1. The van der Waals surface area contributed by atoms with E-state index < -0.39 is 0 Å². The molecular weight excluding hydrogens is 763 g/mol. The Morgan fingerprint density at radius 3 is 1.86 bits per heavy atom. The number of nitrogens with one attached hydrogen (secondary N) is 1. The standard InChI is InChI=1S/C59H56BN2O/c1-34-21-23-35(24-22-34)61-48-32-45-43(56(2,3)25-27-58(45,6)7)30-40(48)42-29-41(38-18-14-17-37-36-15-11-13-20-51(36)63-55(37)38)52-39-16-10-12-19-49(39)62-50-33-46-44(31-47(50)60-53(42)54(52)62)57(4,5)26-28-59(46,8)9/h10-24,29-33,61H,25-28H2,1-9H3. The summed E-state index contributed by atoms with van der Waals surface area (Å²) in [5.74, 6) is 0. The summed E-state index contributed by atoms with van der Waals surface area (Å²) in [6.45, 7) is 21.7. The molecule has 7 aromatic carbocycles. The van der Waals surface area contributed by atoms with Gasteiger partial charge >= 0.3 is 0 Å². The van der Waals surface area contributed by atoms with E-state index in [-0.39, 0.29) is 21.7 Å². The number of anilines is 2. The molecule has 4 heteroatoms. The van der Waals surface area contributed by atoms with Gasteiger partial charge in [-0.1, -0.05) is 139 Å². The molecule has 0 atom stereocenters. The molecule has 3 heterocycles. The summed E-state index contributed by atoms with van der Waals surface area (Å²) in [5.41, 5.74) is 22.5. The van der Waals surface area contributed by atoms with Crippen LogP contribution >= 0.6 is 0 Å². The quantitative estimate of drug-likeness (QED) is 0.179. The van der Waals surface area contributed by atoms with Crippen LogP contribution in [0.3, 0.4) is 0 Å². The summed E-state index contributed by atoms with van der Waals surface area (Å²) in [5, 5.41) is 8.83. The third kappa shape index (κ3) is 5.65. The Morgan fingerprint density at radius 2 is 1.14 bits per heavy atom. The summed E-state index contributed by atoms with van der Waals surface area (Å²) in [7, 11) is 2.54. The van der Waals surface area contributed by atoms with Gasteiger partial charge in [0.1, 0.15) is 11.2 Å². The lowest BCUT2D eigenvalue weighted by atomic mass is 9.55. The Kier molecular flexibility index (Phi) is 8.00. The molecule has 9 aromatic rings. The van der Waals surface area contributed by atoms with Gasteiger partial charge in [0.2, 0.25) is 0 Å². The highest BCUT2D eigenvalue weighted by Gasteiger charge is 2.41. The van der Waals surface area contributed by atoms with Crippen LogP contribution < -0.4 is 16.2 Å². The molecule has 2 aliphatic carbocycles. The number of furan rings is 1. The van der Waals surface area contributed by atoms with Crippen molar-refractivity contribution in [3.05, 3.63) is 149 Å². The first kappa shape index (κ1) is 38.7. The third-order valence-electron chi connectivity index (χ3n) is 15.8. The van der Waals surface area contributed by atoms with Gasteiger partial charge in [-0.15, -0.1) is 0 Å². The lowest BCUT2D eigenvalue weighted by Gasteiger charge is -2.43. The average Bonchev–Trinajstić information content (AvgIpc) is 3.82. The normalized spacial score (nSPS) is 17.7. The van der Waals surface area contributed by atoms with Crippen molar-refractivity contribution in [2.45, 2.75) is 110 Å². The fraction of sp³-hybridized carbons (Fsp3) is 0.288. The molecule has 12 rings (SSSR count). The molecule has 0 fully saturated rings. The van der Waals surface area contributed by atoms with E-state index >= 15 is 0 Å². The second kappa shape index (κ2) is 13.0. The molecule has 0 unspecified atom stereocenters. The van der Waals surface area contributed by atoms with Gasteiger partial charge in [-0.2, -0.15) is 0 Å². The molecule has 2 aromatic heterocycles. The zero-order valence-electron chi connectivity index (χ0n) is 38.3. The first-order valence-corrected chi connectivity index (χ1v) is 23.2. The molecule has 0 saturated heterocycles. The molecule has 3 nitrogen and oxygen atoms in total. The first-order valence-electron chi connectivity index (χ1n) is 23.2. The molecule has 0 spiro atoms. The molecule has 1 aliphatic heterocycles. The van der Waals surface area contributed by atoms with E-state index in [9.17, 15) is 0 Å². The van der Waals surface area contributed by atoms with Crippen molar-refractivity contribution in [3.8, 4) is 27.9 Å². The predicted octanol–water partition coefficient (Wildman–Crippen LogP) is 14.7. The number of rotatable bonds is 4. The number of nitrogens with zero attached hydrogens (tertiary/aromatic N) is 1. The van der Waals surface area contributed by atoms with Crippen LogP contribution in [0.15, 0.2) is 126 Å². The van der Waals surface area contributed by atoms with Gasteiger partial charge in [0.15, 0.2) is 7.28 Å². The van der Waals surface area contributed by atoms with Gasteiger partial charge in [0.25, 0.3) is 0 Å². The van der Waals surface area contributed by atoms with Crippen molar-refractivity contribution < 1.29 is 4.42 Å². The summed E-state index contributed by atoms with van der Waals surface area (Å²) in [6, 6.07) is 45.9. The average molecular weight is 820 g/mol. The van der Waals surface area contributed by atoms with Gasteiger partial charge in [0, 0.05) is 55.3 Å². The van der Waals surface area contributed by atoms with Gasteiger partial charge in [-0.3, -0.25) is 0 Å². The van der Waals surface area contributed by atoms with Crippen molar-refractivity contribution in [1.82, 2.24) is 4.57 Å². The maximum absolute atomic E-state index is 6.89. The van der Waals surface area contributed by atoms with Crippen LogP contribution in [-0.4, -0.2) is 11.8 Å². The number of hydrogen-bond acceptors (Lipinski definition) is 2. The number of para-hydroxylation sites is 3. The van der Waals surface area contributed by atoms with Gasteiger partial charge in [-0.05, 0) is 142 Å². The Balaban J connectivity index is 1.25. The maximum Gasteiger partial charge on any atom is 0.197 e. The van der Waals surface area contributed by atoms with Crippen LogP contribution in [0.25, 0.3) is 71.7 Å². The highest BCUT2D eigenvalue weighted by atomic mass is 16.3. The first-order chi connectivity index (χ1) is 30.1. The highest BCUT2D eigenvalue weighted by molar-refractivity contribution is 6.73. The molecular formula is C59H56BN2O. The van der Waals surface area contributed by atoms with Crippen LogP contribution in [-0.2, 0) is 21.7 Å². The number of aryl methyl sites for hydroxylation is 1. The van der Waals surface area contributed by atoms with E-state index in [1.807, 2.05) is 0 Å². The van der Waals surface area contributed by atoms with E-state index in [4.69, 9.17) is 4.42 Å². The third-order valence-corrected chi connectivity index (χ3v) is 15.8. The lowest BCUT2D eigenvalue weighted by Crippen LogP contribution is -2.41.